The molecule has 0 amide bonds. The summed E-state index contributed by atoms with van der Waals surface area (Å²) >= 11 is 0. The summed E-state index contributed by atoms with van der Waals surface area (Å²) in [6, 6.07) is 0. The molecule has 0 spiro atoms. The van der Waals surface area contributed by atoms with E-state index in [9.17, 15) is 24.9 Å². The Hall–Kier alpha value is -1.74. The molecule has 0 bridgehead atoms. The molecule has 2 saturated heterocycles. The third kappa shape index (κ3) is 10.1. The first-order valence-corrected chi connectivity index (χ1v) is 14.2. The van der Waals surface area contributed by atoms with Gasteiger partial charge < -0.3 is 29.5 Å². The molecule has 2 aliphatic heterocycles. The third-order valence-electron chi connectivity index (χ3n) is 8.06. The molecule has 8 heteroatoms. The number of hydrogen-bond acceptors (Lipinski definition) is 8. The monoisotopic (exact) mass is 538 g/mol. The van der Waals surface area contributed by atoms with E-state index in [-0.39, 0.29) is 55.3 Å². The van der Waals surface area contributed by atoms with Crippen molar-refractivity contribution >= 4 is 11.9 Å². The first kappa shape index (κ1) is 32.5. The van der Waals surface area contributed by atoms with Crippen molar-refractivity contribution in [2.75, 3.05) is 0 Å². The van der Waals surface area contributed by atoms with E-state index >= 15 is 0 Å². The van der Waals surface area contributed by atoms with E-state index in [1.54, 1.807) is 6.92 Å². The molecule has 8 nitrogen and oxygen atoms in total. The van der Waals surface area contributed by atoms with Crippen LogP contribution in [0.25, 0.3) is 0 Å². The molecule has 2 fully saturated rings. The lowest BCUT2D eigenvalue weighted by atomic mass is 9.84. The van der Waals surface area contributed by atoms with Crippen LogP contribution in [0.4, 0.5) is 0 Å². The maximum Gasteiger partial charge on any atom is 0.309 e. The van der Waals surface area contributed by atoms with Crippen molar-refractivity contribution in [1.29, 1.82) is 0 Å². The van der Waals surface area contributed by atoms with Crippen molar-refractivity contribution in [3.8, 4) is 0 Å². The van der Waals surface area contributed by atoms with Crippen molar-refractivity contribution in [2.45, 2.75) is 136 Å². The van der Waals surface area contributed by atoms with Crippen LogP contribution in [0.15, 0.2) is 23.8 Å². The molecule has 3 N–H and O–H groups in total. The van der Waals surface area contributed by atoms with Crippen molar-refractivity contribution in [1.82, 2.24) is 0 Å². The number of allylic oxidation sites excluding steroid dienone is 3. The molecule has 0 saturated carbocycles. The van der Waals surface area contributed by atoms with Gasteiger partial charge in [0.1, 0.15) is 12.2 Å². The Bertz CT molecular complexity index is 834. The lowest BCUT2D eigenvalue weighted by Crippen LogP contribution is -2.44. The summed E-state index contributed by atoms with van der Waals surface area (Å²) in [7, 11) is 0. The predicted molar refractivity (Wildman–Crippen MR) is 145 cm³/mol. The third-order valence-corrected chi connectivity index (χ3v) is 8.06. The predicted octanol–water partition coefficient (Wildman–Crippen LogP) is 4.25. The second-order valence-electron chi connectivity index (χ2n) is 11.8. The van der Waals surface area contributed by atoms with E-state index in [2.05, 4.69) is 13.0 Å². The van der Waals surface area contributed by atoms with Gasteiger partial charge in [0.15, 0.2) is 0 Å². The molecule has 10 atom stereocenters. The number of rotatable bonds is 9. The first-order valence-electron chi connectivity index (χ1n) is 14.2. The molecule has 0 aromatic heterocycles. The molecule has 2 rings (SSSR count). The lowest BCUT2D eigenvalue weighted by Gasteiger charge is -2.35. The zero-order valence-corrected chi connectivity index (χ0v) is 24.3. The summed E-state index contributed by atoms with van der Waals surface area (Å²) in [4.78, 5) is 24.3. The smallest absolute Gasteiger partial charge is 0.309 e. The van der Waals surface area contributed by atoms with Crippen LogP contribution in [-0.2, 0) is 23.8 Å². The standard InChI is InChI=1S/C30H50O8/c1-8-24(33)21(5)29-25(37-29)16-18(2)10-9-11-19(3)28-20(4)12-13-26(36-22(6)31)30(7,35)15-14-23(32)17-27(34)38-28/h9-11,18,20-21,23-26,28-29,32-33,35H,8,12-17H2,1-7H3/b10-9+,19-11+/t18-,20+,21-,23-,24+,25-,26+,28-,29-,30-/m1/s1. The van der Waals surface area contributed by atoms with Gasteiger partial charge in [-0.15, -0.1) is 0 Å². The number of aliphatic hydroxyl groups excluding tert-OH is 2. The first-order chi connectivity index (χ1) is 17.7. The van der Waals surface area contributed by atoms with Crippen LogP contribution in [0.2, 0.25) is 0 Å². The molecule has 2 heterocycles. The number of epoxide rings is 1. The van der Waals surface area contributed by atoms with E-state index in [4.69, 9.17) is 14.2 Å². The summed E-state index contributed by atoms with van der Waals surface area (Å²) in [5.74, 6) is -0.635. The fraction of sp³-hybridized carbons (Fsp3) is 0.800. The number of hydrogen-bond donors (Lipinski definition) is 3. The minimum absolute atomic E-state index is 0.0986. The zero-order valence-electron chi connectivity index (χ0n) is 24.3. The van der Waals surface area contributed by atoms with Crippen LogP contribution in [-0.4, -0.2) is 69.5 Å². The van der Waals surface area contributed by atoms with Crippen LogP contribution in [0.3, 0.4) is 0 Å². The minimum Gasteiger partial charge on any atom is -0.460 e. The Balaban J connectivity index is 2.07. The molecule has 0 radical (unpaired) electrons. The number of carbonyl (C=O) groups excluding carboxylic acids is 2. The highest BCUT2D eigenvalue weighted by atomic mass is 16.6. The summed E-state index contributed by atoms with van der Waals surface area (Å²) in [6.45, 7) is 13.0. The highest BCUT2D eigenvalue weighted by Crippen LogP contribution is 2.36. The van der Waals surface area contributed by atoms with Crippen LogP contribution in [0.1, 0.15) is 93.4 Å². The van der Waals surface area contributed by atoms with E-state index < -0.39 is 35.9 Å². The molecular formula is C30H50O8. The molecule has 0 aliphatic carbocycles. The molecule has 0 aromatic carbocycles. The number of ether oxygens (including phenoxy) is 3. The van der Waals surface area contributed by atoms with Gasteiger partial charge in [-0.3, -0.25) is 9.59 Å². The highest BCUT2D eigenvalue weighted by molar-refractivity contribution is 5.70. The van der Waals surface area contributed by atoms with E-state index in [1.807, 2.05) is 39.8 Å². The molecule has 0 unspecified atom stereocenters. The van der Waals surface area contributed by atoms with Crippen LogP contribution in [0.5, 0.6) is 0 Å². The fourth-order valence-corrected chi connectivity index (χ4v) is 5.36. The maximum absolute atomic E-state index is 12.6. The van der Waals surface area contributed by atoms with Gasteiger partial charge in [-0.05, 0) is 69.8 Å². The minimum atomic E-state index is -1.31. The van der Waals surface area contributed by atoms with Gasteiger partial charge in [0, 0.05) is 12.8 Å². The zero-order chi connectivity index (χ0) is 28.6. The largest absolute Gasteiger partial charge is 0.460 e. The van der Waals surface area contributed by atoms with Gasteiger partial charge >= 0.3 is 11.9 Å². The number of esters is 2. The topological polar surface area (TPSA) is 126 Å². The maximum atomic E-state index is 12.6. The molecule has 0 aromatic rings. The molecular weight excluding hydrogens is 488 g/mol. The number of aliphatic hydroxyl groups is 3. The van der Waals surface area contributed by atoms with Gasteiger partial charge in [0.2, 0.25) is 0 Å². The fourth-order valence-electron chi connectivity index (χ4n) is 5.36. The average Bonchev–Trinajstić information content (AvgIpc) is 3.60. The summed E-state index contributed by atoms with van der Waals surface area (Å²) in [5, 5.41) is 31.4. The summed E-state index contributed by atoms with van der Waals surface area (Å²) < 4.78 is 17.1. The van der Waals surface area contributed by atoms with Crippen LogP contribution < -0.4 is 0 Å². The van der Waals surface area contributed by atoms with Crippen LogP contribution >= 0.6 is 0 Å². The normalized spacial score (nSPS) is 35.9. The molecule has 218 valence electrons. The lowest BCUT2D eigenvalue weighted by molar-refractivity contribution is -0.165. The van der Waals surface area contributed by atoms with Crippen molar-refractivity contribution in [3.05, 3.63) is 23.8 Å². The van der Waals surface area contributed by atoms with Gasteiger partial charge in [0.05, 0.1) is 36.4 Å². The quantitative estimate of drug-likeness (QED) is 0.226. The van der Waals surface area contributed by atoms with Gasteiger partial charge in [-0.1, -0.05) is 45.9 Å². The highest BCUT2D eigenvalue weighted by Gasteiger charge is 2.45. The Kier molecular flexibility index (Phi) is 12.5. The van der Waals surface area contributed by atoms with Crippen molar-refractivity contribution < 1.29 is 39.1 Å². The Labute approximate surface area is 228 Å². The van der Waals surface area contributed by atoms with Crippen molar-refractivity contribution in [2.24, 2.45) is 17.8 Å². The van der Waals surface area contributed by atoms with Gasteiger partial charge in [-0.25, -0.2) is 0 Å². The van der Waals surface area contributed by atoms with E-state index in [0.29, 0.717) is 12.8 Å². The number of carbonyl (C=O) groups is 2. The van der Waals surface area contributed by atoms with Gasteiger partial charge in [0.25, 0.3) is 0 Å². The Morgan fingerprint density at radius 2 is 1.92 bits per heavy atom. The number of cyclic esters (lactones) is 1. The Morgan fingerprint density at radius 1 is 1.24 bits per heavy atom. The van der Waals surface area contributed by atoms with Gasteiger partial charge in [-0.2, -0.15) is 0 Å². The second kappa shape index (κ2) is 14.6. The molecule has 38 heavy (non-hydrogen) atoms. The SMILES string of the molecule is CC[C@H](O)[C@@H](C)[C@H]1O[C@@H]1C[C@H](C)/C=C/C=C(\C)[C@H]1OC(=O)C[C@H](O)CC[C@@](C)(O)[C@@H](OC(C)=O)CC[C@@H]1C. The second-order valence-corrected chi connectivity index (χ2v) is 11.8. The van der Waals surface area contributed by atoms with Crippen LogP contribution in [0, 0.1) is 17.8 Å². The molecule has 2 aliphatic rings. The average molecular weight is 539 g/mol. The van der Waals surface area contributed by atoms with E-state index in [0.717, 1.165) is 18.4 Å². The van der Waals surface area contributed by atoms with E-state index in [1.165, 1.54) is 6.92 Å². The summed E-state index contributed by atoms with van der Waals surface area (Å²) in [5.41, 5.74) is -0.442. The summed E-state index contributed by atoms with van der Waals surface area (Å²) in [6.07, 6.45) is 6.58. The van der Waals surface area contributed by atoms with Crippen molar-refractivity contribution in [3.63, 3.8) is 0 Å². The Morgan fingerprint density at radius 3 is 2.55 bits per heavy atom.